The Morgan fingerprint density at radius 1 is 1.15 bits per heavy atom. The zero-order chi connectivity index (χ0) is 19.4. The van der Waals surface area contributed by atoms with Gasteiger partial charge in [0.1, 0.15) is 0 Å². The number of rotatable bonds is 4. The van der Waals surface area contributed by atoms with Gasteiger partial charge in [0.15, 0.2) is 5.11 Å². The molecule has 0 spiro atoms. The van der Waals surface area contributed by atoms with Crippen molar-refractivity contribution in [3.63, 3.8) is 0 Å². The third kappa shape index (κ3) is 4.97. The van der Waals surface area contributed by atoms with Crippen molar-refractivity contribution in [3.8, 4) is 0 Å². The van der Waals surface area contributed by atoms with Crippen LogP contribution in [0.2, 0.25) is 0 Å². The highest BCUT2D eigenvalue weighted by molar-refractivity contribution is 7.80. The minimum absolute atomic E-state index is 0.125. The number of halogens is 3. The van der Waals surface area contributed by atoms with Gasteiger partial charge in [-0.2, -0.15) is 13.2 Å². The first-order chi connectivity index (χ1) is 12.8. The number of carbonyl (C=O) groups excluding carboxylic acids is 1. The first-order valence-corrected chi connectivity index (χ1v) is 8.85. The Labute approximate surface area is 160 Å². The van der Waals surface area contributed by atoms with Gasteiger partial charge in [0.25, 0.3) is 0 Å². The molecule has 0 atom stereocenters. The highest BCUT2D eigenvalue weighted by atomic mass is 32.1. The van der Waals surface area contributed by atoms with Crippen LogP contribution < -0.4 is 15.5 Å². The van der Waals surface area contributed by atoms with Gasteiger partial charge in [0.2, 0.25) is 5.91 Å². The van der Waals surface area contributed by atoms with E-state index in [4.69, 9.17) is 12.2 Å². The van der Waals surface area contributed by atoms with E-state index in [1.807, 2.05) is 24.3 Å². The smallest absolute Gasteiger partial charge is 0.358 e. The zero-order valence-electron chi connectivity index (χ0n) is 14.3. The lowest BCUT2D eigenvalue weighted by atomic mass is 10.2. The Morgan fingerprint density at radius 2 is 1.89 bits per heavy atom. The van der Waals surface area contributed by atoms with Crippen LogP contribution in [0.1, 0.15) is 24.0 Å². The second-order valence-corrected chi connectivity index (χ2v) is 6.61. The maximum absolute atomic E-state index is 12.6. The van der Waals surface area contributed by atoms with E-state index in [1.165, 1.54) is 12.1 Å². The molecule has 1 aliphatic heterocycles. The summed E-state index contributed by atoms with van der Waals surface area (Å²) in [6.07, 6.45) is -2.93. The molecule has 27 heavy (non-hydrogen) atoms. The van der Waals surface area contributed by atoms with Crippen LogP contribution >= 0.6 is 12.2 Å². The number of anilines is 2. The average Bonchev–Trinajstić information content (AvgIpc) is 3.06. The Bertz CT molecular complexity index is 837. The number of alkyl halides is 3. The molecule has 0 aliphatic carbocycles. The standard InChI is InChI=1S/C19H18F3N3OS/c20-19(21,22)14-6-8-15(9-7-14)24-18(27)23-12-13-3-1-4-16(11-13)25-10-2-5-17(25)26/h1,3-4,6-9,11H,2,5,10,12H2,(H2,23,24,27). The maximum atomic E-state index is 12.6. The quantitative estimate of drug-likeness (QED) is 0.760. The topological polar surface area (TPSA) is 44.4 Å². The monoisotopic (exact) mass is 393 g/mol. The van der Waals surface area contributed by atoms with Gasteiger partial charge in [-0.15, -0.1) is 0 Å². The van der Waals surface area contributed by atoms with Crippen LogP contribution in [0.3, 0.4) is 0 Å². The number of thiocarbonyl (C=S) groups is 1. The van der Waals surface area contributed by atoms with Crippen LogP contribution in [0, 0.1) is 0 Å². The van der Waals surface area contributed by atoms with Crippen LogP contribution in [-0.4, -0.2) is 17.6 Å². The number of benzene rings is 2. The van der Waals surface area contributed by atoms with Crippen LogP contribution in [0.15, 0.2) is 48.5 Å². The fourth-order valence-electron chi connectivity index (χ4n) is 2.86. The molecule has 142 valence electrons. The molecule has 2 N–H and O–H groups in total. The molecule has 1 saturated heterocycles. The van der Waals surface area contributed by atoms with E-state index in [1.54, 1.807) is 4.90 Å². The van der Waals surface area contributed by atoms with Crippen molar-refractivity contribution in [3.05, 3.63) is 59.7 Å². The molecule has 0 unspecified atom stereocenters. The molecule has 2 aromatic rings. The number of hydrogen-bond donors (Lipinski definition) is 2. The third-order valence-corrected chi connectivity index (χ3v) is 4.47. The van der Waals surface area contributed by atoms with Gasteiger partial charge >= 0.3 is 6.18 Å². The fourth-order valence-corrected chi connectivity index (χ4v) is 3.05. The molecule has 1 aliphatic rings. The average molecular weight is 393 g/mol. The number of nitrogens with zero attached hydrogens (tertiary/aromatic N) is 1. The lowest BCUT2D eigenvalue weighted by molar-refractivity contribution is -0.137. The second kappa shape index (κ2) is 7.96. The molecular formula is C19H18F3N3OS. The molecule has 8 heteroatoms. The van der Waals surface area contributed by atoms with Gasteiger partial charge in [-0.05, 0) is 60.6 Å². The van der Waals surface area contributed by atoms with E-state index in [9.17, 15) is 18.0 Å². The Balaban J connectivity index is 1.55. The molecule has 2 aromatic carbocycles. The summed E-state index contributed by atoms with van der Waals surface area (Å²) in [4.78, 5) is 13.6. The van der Waals surface area contributed by atoms with E-state index in [2.05, 4.69) is 10.6 Å². The van der Waals surface area contributed by atoms with Crippen molar-refractivity contribution < 1.29 is 18.0 Å². The predicted octanol–water partition coefficient (Wildman–Crippen LogP) is 4.32. The second-order valence-electron chi connectivity index (χ2n) is 6.20. The maximum Gasteiger partial charge on any atom is 0.416 e. The van der Waals surface area contributed by atoms with Crippen molar-refractivity contribution in [2.45, 2.75) is 25.6 Å². The summed E-state index contributed by atoms with van der Waals surface area (Å²) in [5, 5.41) is 6.18. The Morgan fingerprint density at radius 3 is 2.52 bits per heavy atom. The van der Waals surface area contributed by atoms with E-state index >= 15 is 0 Å². The van der Waals surface area contributed by atoms with Crippen molar-refractivity contribution in [2.24, 2.45) is 0 Å². The largest absolute Gasteiger partial charge is 0.416 e. The minimum atomic E-state index is -4.36. The van der Waals surface area contributed by atoms with E-state index in [0.717, 1.165) is 36.3 Å². The first kappa shape index (κ1) is 19.2. The van der Waals surface area contributed by atoms with Crippen LogP contribution in [0.4, 0.5) is 24.5 Å². The fraction of sp³-hybridized carbons (Fsp3) is 0.263. The Kier molecular flexibility index (Phi) is 5.65. The van der Waals surface area contributed by atoms with Gasteiger partial charge < -0.3 is 15.5 Å². The Hall–Kier alpha value is -2.61. The van der Waals surface area contributed by atoms with Crippen molar-refractivity contribution in [1.82, 2.24) is 5.32 Å². The van der Waals surface area contributed by atoms with Crippen LogP contribution in [-0.2, 0) is 17.5 Å². The third-order valence-electron chi connectivity index (χ3n) is 4.22. The molecule has 1 heterocycles. The highest BCUT2D eigenvalue weighted by Crippen LogP contribution is 2.29. The molecular weight excluding hydrogens is 375 g/mol. The van der Waals surface area contributed by atoms with E-state index < -0.39 is 11.7 Å². The number of amides is 1. The van der Waals surface area contributed by atoms with Gasteiger partial charge in [0, 0.05) is 30.9 Å². The number of hydrogen-bond acceptors (Lipinski definition) is 2. The summed E-state index contributed by atoms with van der Waals surface area (Å²) in [7, 11) is 0. The van der Waals surface area contributed by atoms with Crippen molar-refractivity contribution in [2.75, 3.05) is 16.8 Å². The molecule has 0 aromatic heterocycles. The zero-order valence-corrected chi connectivity index (χ0v) is 15.2. The molecule has 1 fully saturated rings. The van der Waals surface area contributed by atoms with Crippen molar-refractivity contribution >= 4 is 34.6 Å². The molecule has 0 radical (unpaired) electrons. The van der Waals surface area contributed by atoms with Gasteiger partial charge in [-0.25, -0.2) is 0 Å². The highest BCUT2D eigenvalue weighted by Gasteiger charge is 2.29. The van der Waals surface area contributed by atoms with Crippen LogP contribution in [0.25, 0.3) is 0 Å². The molecule has 3 rings (SSSR count). The summed E-state index contributed by atoms with van der Waals surface area (Å²) >= 11 is 5.19. The van der Waals surface area contributed by atoms with E-state index in [0.29, 0.717) is 23.8 Å². The summed E-state index contributed by atoms with van der Waals surface area (Å²) in [5.74, 6) is 0.125. The molecule has 0 saturated carbocycles. The summed E-state index contributed by atoms with van der Waals surface area (Å²) in [6.45, 7) is 1.16. The normalized spacial score (nSPS) is 14.3. The molecule has 4 nitrogen and oxygen atoms in total. The van der Waals surface area contributed by atoms with Crippen LogP contribution in [0.5, 0.6) is 0 Å². The predicted molar refractivity (Wildman–Crippen MR) is 103 cm³/mol. The van der Waals surface area contributed by atoms with Gasteiger partial charge in [-0.3, -0.25) is 4.79 Å². The minimum Gasteiger partial charge on any atom is -0.358 e. The lowest BCUT2D eigenvalue weighted by Crippen LogP contribution is -2.28. The SMILES string of the molecule is O=C1CCCN1c1cccc(CNC(=S)Nc2ccc(C(F)(F)F)cc2)c1. The van der Waals surface area contributed by atoms with E-state index in [-0.39, 0.29) is 5.91 Å². The number of nitrogens with one attached hydrogen (secondary N) is 2. The summed E-state index contributed by atoms with van der Waals surface area (Å²) in [5.41, 5.74) is 1.57. The first-order valence-electron chi connectivity index (χ1n) is 8.44. The van der Waals surface area contributed by atoms with Crippen molar-refractivity contribution in [1.29, 1.82) is 0 Å². The van der Waals surface area contributed by atoms with Gasteiger partial charge in [-0.1, -0.05) is 12.1 Å². The van der Waals surface area contributed by atoms with Gasteiger partial charge in [0.05, 0.1) is 5.56 Å². The summed E-state index contributed by atoms with van der Waals surface area (Å²) in [6, 6.07) is 12.3. The summed E-state index contributed by atoms with van der Waals surface area (Å²) < 4.78 is 37.7. The number of carbonyl (C=O) groups is 1. The molecule has 0 bridgehead atoms. The lowest BCUT2D eigenvalue weighted by Gasteiger charge is -2.17. The molecule has 1 amide bonds.